The van der Waals surface area contributed by atoms with Gasteiger partial charge < -0.3 is 9.47 Å². The van der Waals surface area contributed by atoms with Gasteiger partial charge >= 0.3 is 6.16 Å². The maximum absolute atomic E-state index is 11.2. The van der Waals surface area contributed by atoms with Crippen molar-refractivity contribution in [2.75, 3.05) is 6.61 Å². The number of non-ortho nitro benzene ring substituents is 1. The molecule has 18 heavy (non-hydrogen) atoms. The van der Waals surface area contributed by atoms with Crippen LogP contribution in [0.4, 0.5) is 10.5 Å². The molecule has 0 aromatic heterocycles. The average Bonchev–Trinajstić information content (AvgIpc) is 2.35. The summed E-state index contributed by atoms with van der Waals surface area (Å²) in [6.45, 7) is 2.37. The summed E-state index contributed by atoms with van der Waals surface area (Å²) in [5, 5.41) is 10.4. The summed E-state index contributed by atoms with van der Waals surface area (Å²) < 4.78 is 9.68. The number of nitrogens with zero attached hydrogens (tertiary/aromatic N) is 1. The second-order valence-corrected chi connectivity index (χ2v) is 3.66. The molecule has 1 rings (SSSR count). The lowest BCUT2D eigenvalue weighted by Crippen LogP contribution is -2.11. The molecule has 0 unspecified atom stereocenters. The van der Waals surface area contributed by atoms with Crippen LogP contribution < -0.4 is 4.74 Å². The van der Waals surface area contributed by atoms with E-state index >= 15 is 0 Å². The molecule has 0 aliphatic carbocycles. The number of ether oxygens (including phenoxy) is 2. The number of nitro benzene ring substituents is 1. The summed E-state index contributed by atoms with van der Waals surface area (Å²) in [7, 11) is 0. The standard InChI is InChI=1S/C12H15NO5/c1-2-3-4-9-17-12(14)18-11-7-5-10(6-8-11)13(15)16/h5-8H,2-4,9H2,1H3. The van der Waals surface area contributed by atoms with Crippen LogP contribution >= 0.6 is 0 Å². The highest BCUT2D eigenvalue weighted by Crippen LogP contribution is 2.17. The lowest BCUT2D eigenvalue weighted by molar-refractivity contribution is -0.384. The fourth-order valence-electron chi connectivity index (χ4n) is 1.27. The summed E-state index contributed by atoms with van der Waals surface area (Å²) in [5.74, 6) is 0.223. The molecule has 98 valence electrons. The van der Waals surface area contributed by atoms with Crippen LogP contribution in [0.2, 0.25) is 0 Å². The maximum Gasteiger partial charge on any atom is 0.513 e. The van der Waals surface area contributed by atoms with Crippen molar-refractivity contribution in [2.24, 2.45) is 0 Å². The van der Waals surface area contributed by atoms with Crippen LogP contribution in [0.15, 0.2) is 24.3 Å². The molecule has 0 heterocycles. The Bertz CT molecular complexity index is 401. The third kappa shape index (κ3) is 4.82. The largest absolute Gasteiger partial charge is 0.513 e. The zero-order valence-electron chi connectivity index (χ0n) is 10.1. The van der Waals surface area contributed by atoms with Crippen molar-refractivity contribution in [3.8, 4) is 5.75 Å². The summed E-state index contributed by atoms with van der Waals surface area (Å²) in [5.41, 5.74) is -0.0568. The Morgan fingerprint density at radius 3 is 2.50 bits per heavy atom. The molecule has 0 fully saturated rings. The van der Waals surface area contributed by atoms with Crippen LogP contribution in [0.5, 0.6) is 5.75 Å². The molecule has 0 bridgehead atoms. The molecule has 6 nitrogen and oxygen atoms in total. The molecule has 1 aromatic carbocycles. The van der Waals surface area contributed by atoms with E-state index in [-0.39, 0.29) is 11.4 Å². The minimum absolute atomic E-state index is 0.0568. The van der Waals surface area contributed by atoms with Crippen LogP contribution in [0.1, 0.15) is 26.2 Å². The van der Waals surface area contributed by atoms with Gasteiger partial charge in [-0.1, -0.05) is 19.8 Å². The molecule has 6 heteroatoms. The third-order valence-electron chi connectivity index (χ3n) is 2.22. The van der Waals surface area contributed by atoms with Gasteiger partial charge in [-0.25, -0.2) is 4.79 Å². The van der Waals surface area contributed by atoms with Crippen molar-refractivity contribution in [2.45, 2.75) is 26.2 Å². The molecule has 0 radical (unpaired) electrons. The van der Waals surface area contributed by atoms with Crippen molar-refractivity contribution >= 4 is 11.8 Å². The van der Waals surface area contributed by atoms with E-state index in [1.807, 2.05) is 0 Å². The Hall–Kier alpha value is -2.11. The Labute approximate surface area is 105 Å². The van der Waals surface area contributed by atoms with E-state index in [4.69, 9.17) is 9.47 Å². The minimum Gasteiger partial charge on any atom is -0.434 e. The molecular formula is C12H15NO5. The van der Waals surface area contributed by atoms with Gasteiger partial charge in [-0.15, -0.1) is 0 Å². The first kappa shape index (κ1) is 14.0. The molecule has 0 saturated carbocycles. The summed E-state index contributed by atoms with van der Waals surface area (Å²) in [6.07, 6.45) is 2.04. The summed E-state index contributed by atoms with van der Waals surface area (Å²) in [6, 6.07) is 5.23. The smallest absolute Gasteiger partial charge is 0.434 e. The number of hydrogen-bond acceptors (Lipinski definition) is 5. The van der Waals surface area contributed by atoms with Gasteiger partial charge in [-0.3, -0.25) is 10.1 Å². The van der Waals surface area contributed by atoms with Gasteiger partial charge in [0.15, 0.2) is 0 Å². The van der Waals surface area contributed by atoms with Gasteiger partial charge in [-0.05, 0) is 18.6 Å². The SMILES string of the molecule is CCCCCOC(=O)Oc1ccc([N+](=O)[O-])cc1. The Kier molecular flexibility index (Phi) is 5.63. The van der Waals surface area contributed by atoms with Crippen molar-refractivity contribution < 1.29 is 19.2 Å². The van der Waals surface area contributed by atoms with Crippen LogP contribution in [-0.4, -0.2) is 17.7 Å². The second kappa shape index (κ2) is 7.26. The zero-order chi connectivity index (χ0) is 13.4. The van der Waals surface area contributed by atoms with Crippen molar-refractivity contribution in [1.29, 1.82) is 0 Å². The highest BCUT2D eigenvalue weighted by molar-refractivity contribution is 5.63. The molecule has 0 spiro atoms. The lowest BCUT2D eigenvalue weighted by Gasteiger charge is -2.05. The van der Waals surface area contributed by atoms with Crippen LogP contribution in [0.3, 0.4) is 0 Å². The van der Waals surface area contributed by atoms with E-state index in [0.29, 0.717) is 6.61 Å². The normalized spacial score (nSPS) is 9.83. The van der Waals surface area contributed by atoms with Crippen molar-refractivity contribution in [3.05, 3.63) is 34.4 Å². The van der Waals surface area contributed by atoms with Gasteiger partial charge in [0, 0.05) is 12.1 Å². The van der Waals surface area contributed by atoms with Gasteiger partial charge in [0.25, 0.3) is 5.69 Å². The molecule has 0 aliphatic heterocycles. The molecule has 0 N–H and O–H groups in total. The van der Waals surface area contributed by atoms with E-state index in [0.717, 1.165) is 19.3 Å². The van der Waals surface area contributed by atoms with E-state index in [1.54, 1.807) is 0 Å². The molecule has 0 saturated heterocycles. The number of unbranched alkanes of at least 4 members (excludes halogenated alkanes) is 2. The summed E-state index contributed by atoms with van der Waals surface area (Å²) in [4.78, 5) is 21.1. The number of rotatable bonds is 6. The van der Waals surface area contributed by atoms with Gasteiger partial charge in [0.05, 0.1) is 11.5 Å². The predicted molar refractivity (Wildman–Crippen MR) is 64.6 cm³/mol. The number of carbonyl (C=O) groups excluding carboxylic acids is 1. The Balaban J connectivity index is 2.37. The third-order valence-corrected chi connectivity index (χ3v) is 2.22. The molecule has 0 atom stereocenters. The van der Waals surface area contributed by atoms with E-state index in [1.165, 1.54) is 24.3 Å². The van der Waals surface area contributed by atoms with Gasteiger partial charge in [-0.2, -0.15) is 0 Å². The average molecular weight is 253 g/mol. The number of hydrogen-bond donors (Lipinski definition) is 0. The summed E-state index contributed by atoms with van der Waals surface area (Å²) >= 11 is 0. The first-order valence-corrected chi connectivity index (χ1v) is 5.72. The monoisotopic (exact) mass is 253 g/mol. The van der Waals surface area contributed by atoms with Crippen LogP contribution in [0.25, 0.3) is 0 Å². The highest BCUT2D eigenvalue weighted by atomic mass is 16.7. The Morgan fingerprint density at radius 2 is 1.94 bits per heavy atom. The minimum atomic E-state index is -0.792. The van der Waals surface area contributed by atoms with E-state index < -0.39 is 11.1 Å². The van der Waals surface area contributed by atoms with Crippen LogP contribution in [0, 0.1) is 10.1 Å². The Morgan fingerprint density at radius 1 is 1.28 bits per heavy atom. The van der Waals surface area contributed by atoms with Crippen molar-refractivity contribution in [3.63, 3.8) is 0 Å². The number of benzene rings is 1. The number of carbonyl (C=O) groups is 1. The predicted octanol–water partition coefficient (Wildman–Crippen LogP) is 3.30. The van der Waals surface area contributed by atoms with E-state index in [9.17, 15) is 14.9 Å². The van der Waals surface area contributed by atoms with Crippen LogP contribution in [-0.2, 0) is 4.74 Å². The van der Waals surface area contributed by atoms with Gasteiger partial charge in [0.2, 0.25) is 0 Å². The fourth-order valence-corrected chi connectivity index (χ4v) is 1.27. The zero-order valence-corrected chi connectivity index (χ0v) is 10.1. The first-order valence-electron chi connectivity index (χ1n) is 5.72. The molecular weight excluding hydrogens is 238 g/mol. The van der Waals surface area contributed by atoms with E-state index in [2.05, 4.69) is 6.92 Å². The quantitative estimate of drug-likeness (QED) is 0.255. The fraction of sp³-hybridized carbons (Fsp3) is 0.417. The maximum atomic E-state index is 11.2. The van der Waals surface area contributed by atoms with Crippen molar-refractivity contribution in [1.82, 2.24) is 0 Å². The second-order valence-electron chi connectivity index (χ2n) is 3.66. The molecule has 0 amide bonds. The number of nitro groups is 1. The topological polar surface area (TPSA) is 78.7 Å². The lowest BCUT2D eigenvalue weighted by atomic mass is 10.3. The molecule has 1 aromatic rings. The first-order chi connectivity index (χ1) is 8.63. The van der Waals surface area contributed by atoms with Gasteiger partial charge in [0.1, 0.15) is 5.75 Å². The molecule has 0 aliphatic rings. The highest BCUT2D eigenvalue weighted by Gasteiger charge is 2.08.